The van der Waals surface area contributed by atoms with E-state index in [0.717, 1.165) is 35.1 Å². The topological polar surface area (TPSA) is 67.9 Å². The summed E-state index contributed by atoms with van der Waals surface area (Å²) in [6.45, 7) is 0. The zero-order chi connectivity index (χ0) is 25.5. The molecule has 2 heterocycles. The van der Waals surface area contributed by atoms with Gasteiger partial charge in [0, 0.05) is 23.6 Å². The van der Waals surface area contributed by atoms with Gasteiger partial charge in [0.2, 0.25) is 0 Å². The third kappa shape index (κ3) is 3.85. The molecule has 0 radical (unpaired) electrons. The van der Waals surface area contributed by atoms with Crippen molar-refractivity contribution in [2.75, 3.05) is 0 Å². The molecule has 37 heavy (non-hydrogen) atoms. The quantitative estimate of drug-likeness (QED) is 0.303. The largest absolute Gasteiger partial charge is 0.359 e. The number of rotatable bonds is 5. The molecule has 2 fully saturated rings. The number of hydrogen-bond donors (Lipinski definition) is 0. The van der Waals surface area contributed by atoms with Gasteiger partial charge in [-0.05, 0) is 59.2 Å². The van der Waals surface area contributed by atoms with Crippen LogP contribution in [0.5, 0.6) is 0 Å². The van der Waals surface area contributed by atoms with Crippen molar-refractivity contribution in [3.05, 3.63) is 124 Å². The minimum atomic E-state index is -0.583. The summed E-state index contributed by atoms with van der Waals surface area (Å²) in [5.74, 6) is -0.915. The van der Waals surface area contributed by atoms with Crippen LogP contribution in [0.25, 0.3) is 6.08 Å². The molecule has 1 saturated heterocycles. The molecule has 0 unspecified atom stereocenters. The molecule has 0 bridgehead atoms. The average molecular weight is 486 g/mol. The monoisotopic (exact) mass is 485 g/mol. The number of hydrogen-bond acceptors (Lipinski definition) is 4. The minimum absolute atomic E-state index is 0.0305. The smallest absolute Gasteiger partial charge is 0.185 e. The van der Waals surface area contributed by atoms with Crippen LogP contribution in [0.3, 0.4) is 0 Å². The number of Topliss-reactive ketones (excluding diaryl/α,β-unsaturated/α-hetero) is 1. The van der Waals surface area contributed by atoms with Crippen molar-refractivity contribution < 1.29 is 9.18 Å². The lowest BCUT2D eigenvalue weighted by atomic mass is 9.72. The summed E-state index contributed by atoms with van der Waals surface area (Å²) in [5, 5.41) is 20.0. The van der Waals surface area contributed by atoms with Gasteiger partial charge in [0.15, 0.2) is 5.78 Å². The Kier molecular flexibility index (Phi) is 5.70. The molecule has 3 aromatic carbocycles. The maximum absolute atomic E-state index is 14.2. The molecule has 5 heteroatoms. The first kappa shape index (κ1) is 23.0. The lowest BCUT2D eigenvalue weighted by Gasteiger charge is -2.35. The molecule has 3 aromatic rings. The number of carbonyl (C=O) groups excluding carboxylic acids is 1. The molecule has 180 valence electrons. The predicted octanol–water partition coefficient (Wildman–Crippen LogP) is 6.57. The molecule has 0 N–H and O–H groups in total. The second-order valence-electron chi connectivity index (χ2n) is 9.94. The standard InChI is InChI=1S/C32H24FN3O/c33-25-14-12-22(13-15-25)28-29(27(21-10-11-21)24(18-34)19-35)30-26-9-5-4-6-20(26)16-17-36(30)31(28)32(37)23-7-2-1-3-8-23/h1-9,12-17,21,28-31H,10-11H2/t28-,29+,30-,31+/m0/s1. The summed E-state index contributed by atoms with van der Waals surface area (Å²) in [4.78, 5) is 16.3. The molecule has 6 rings (SSSR count). The summed E-state index contributed by atoms with van der Waals surface area (Å²) >= 11 is 0. The molecule has 4 atom stereocenters. The molecule has 1 aliphatic carbocycles. The van der Waals surface area contributed by atoms with E-state index in [9.17, 15) is 19.7 Å². The molecule has 0 spiro atoms. The molecule has 0 amide bonds. The number of carbonyl (C=O) groups is 1. The molecule has 0 aromatic heterocycles. The van der Waals surface area contributed by atoms with Crippen molar-refractivity contribution >= 4 is 11.9 Å². The molecular formula is C32H24FN3O. The van der Waals surface area contributed by atoms with E-state index in [1.807, 2.05) is 54.7 Å². The Morgan fingerprint density at radius 1 is 0.892 bits per heavy atom. The van der Waals surface area contributed by atoms with E-state index >= 15 is 0 Å². The van der Waals surface area contributed by atoms with Crippen molar-refractivity contribution in [2.45, 2.75) is 30.8 Å². The third-order valence-electron chi connectivity index (χ3n) is 7.92. The first-order valence-corrected chi connectivity index (χ1v) is 12.6. The van der Waals surface area contributed by atoms with Gasteiger partial charge < -0.3 is 4.90 Å². The van der Waals surface area contributed by atoms with E-state index in [-0.39, 0.29) is 41.0 Å². The first-order valence-electron chi connectivity index (χ1n) is 12.6. The number of nitrogens with zero attached hydrogens (tertiary/aromatic N) is 3. The number of allylic oxidation sites excluding steroid dienone is 1. The molecular weight excluding hydrogens is 461 g/mol. The second kappa shape index (κ2) is 9.19. The fourth-order valence-corrected chi connectivity index (χ4v) is 6.28. The summed E-state index contributed by atoms with van der Waals surface area (Å²) in [6.07, 6.45) is 5.84. The van der Waals surface area contributed by atoms with Gasteiger partial charge in [0.1, 0.15) is 23.5 Å². The molecule has 2 aliphatic heterocycles. The van der Waals surface area contributed by atoms with Crippen molar-refractivity contribution in [3.63, 3.8) is 0 Å². The highest BCUT2D eigenvalue weighted by Crippen LogP contribution is 2.59. The average Bonchev–Trinajstić information content (AvgIpc) is 3.72. The highest BCUT2D eigenvalue weighted by Gasteiger charge is 2.56. The lowest BCUT2D eigenvalue weighted by Crippen LogP contribution is -2.37. The van der Waals surface area contributed by atoms with Crippen LogP contribution < -0.4 is 0 Å². The maximum Gasteiger partial charge on any atom is 0.185 e. The van der Waals surface area contributed by atoms with Gasteiger partial charge >= 0.3 is 0 Å². The molecule has 4 nitrogen and oxygen atoms in total. The summed E-state index contributed by atoms with van der Waals surface area (Å²) < 4.78 is 14.0. The Morgan fingerprint density at radius 2 is 1.57 bits per heavy atom. The summed E-state index contributed by atoms with van der Waals surface area (Å²) in [6, 6.07) is 27.2. The zero-order valence-corrected chi connectivity index (χ0v) is 20.1. The second-order valence-corrected chi connectivity index (χ2v) is 9.94. The van der Waals surface area contributed by atoms with Gasteiger partial charge in [-0.3, -0.25) is 4.79 Å². The predicted molar refractivity (Wildman–Crippen MR) is 138 cm³/mol. The van der Waals surface area contributed by atoms with E-state index in [1.54, 1.807) is 12.1 Å². The Balaban J connectivity index is 1.63. The van der Waals surface area contributed by atoms with Crippen LogP contribution in [-0.2, 0) is 0 Å². The van der Waals surface area contributed by atoms with Crippen LogP contribution in [0.1, 0.15) is 51.8 Å². The Labute approximate surface area is 215 Å². The van der Waals surface area contributed by atoms with Crippen LogP contribution in [-0.4, -0.2) is 16.7 Å². The SMILES string of the molecule is N#CC(C#N)=C(C1CC1)[C@@H]1[C@H](c2ccc(F)cc2)[C@H](C(=O)c2ccccc2)N2C=Cc3ccccc3[C@@H]12. The lowest BCUT2D eigenvalue weighted by molar-refractivity contribution is 0.0874. The van der Waals surface area contributed by atoms with Crippen molar-refractivity contribution in [3.8, 4) is 12.1 Å². The van der Waals surface area contributed by atoms with E-state index in [4.69, 9.17) is 0 Å². The third-order valence-corrected chi connectivity index (χ3v) is 7.92. The number of ketones is 1. The van der Waals surface area contributed by atoms with Gasteiger partial charge in [-0.2, -0.15) is 10.5 Å². The van der Waals surface area contributed by atoms with Gasteiger partial charge in [-0.15, -0.1) is 0 Å². The van der Waals surface area contributed by atoms with E-state index < -0.39 is 6.04 Å². The van der Waals surface area contributed by atoms with Gasteiger partial charge in [-0.25, -0.2) is 4.39 Å². The van der Waals surface area contributed by atoms with Gasteiger partial charge in [0.25, 0.3) is 0 Å². The minimum Gasteiger partial charge on any atom is -0.359 e. The van der Waals surface area contributed by atoms with E-state index in [2.05, 4.69) is 29.2 Å². The molecule has 1 saturated carbocycles. The van der Waals surface area contributed by atoms with Crippen molar-refractivity contribution in [1.29, 1.82) is 10.5 Å². The van der Waals surface area contributed by atoms with Crippen LogP contribution in [0.2, 0.25) is 0 Å². The van der Waals surface area contributed by atoms with Crippen LogP contribution in [0.4, 0.5) is 4.39 Å². The highest BCUT2D eigenvalue weighted by atomic mass is 19.1. The number of halogens is 1. The fourth-order valence-electron chi connectivity index (χ4n) is 6.28. The van der Waals surface area contributed by atoms with Gasteiger partial charge in [0.05, 0.1) is 12.1 Å². The fraction of sp³-hybridized carbons (Fsp3) is 0.219. The van der Waals surface area contributed by atoms with Crippen LogP contribution in [0.15, 0.2) is 96.2 Å². The number of benzene rings is 3. The number of nitriles is 2. The van der Waals surface area contributed by atoms with E-state index in [0.29, 0.717) is 5.56 Å². The summed E-state index contributed by atoms with van der Waals surface area (Å²) in [7, 11) is 0. The first-order chi connectivity index (χ1) is 18.1. The Morgan fingerprint density at radius 3 is 2.24 bits per heavy atom. The normalized spacial score (nSPS) is 23.4. The van der Waals surface area contributed by atoms with E-state index in [1.165, 1.54) is 12.1 Å². The maximum atomic E-state index is 14.2. The van der Waals surface area contributed by atoms with Crippen molar-refractivity contribution in [2.24, 2.45) is 11.8 Å². The Hall–Kier alpha value is -4.48. The molecule has 3 aliphatic rings. The number of fused-ring (bicyclic) bond motifs is 3. The highest BCUT2D eigenvalue weighted by molar-refractivity contribution is 6.01. The summed E-state index contributed by atoms with van der Waals surface area (Å²) in [5.41, 5.74) is 4.53. The van der Waals surface area contributed by atoms with Crippen LogP contribution in [0, 0.1) is 40.3 Å². The van der Waals surface area contributed by atoms with Crippen LogP contribution >= 0.6 is 0 Å². The van der Waals surface area contributed by atoms with Crippen molar-refractivity contribution in [1.82, 2.24) is 4.90 Å². The Bertz CT molecular complexity index is 1490. The zero-order valence-electron chi connectivity index (χ0n) is 20.1. The van der Waals surface area contributed by atoms with Gasteiger partial charge in [-0.1, -0.05) is 66.7 Å².